The van der Waals surface area contributed by atoms with E-state index in [1.54, 1.807) is 18.2 Å². The van der Waals surface area contributed by atoms with E-state index >= 15 is 0 Å². The number of H-pyrrole nitrogens is 1. The molecule has 0 bridgehead atoms. The van der Waals surface area contributed by atoms with Gasteiger partial charge in [-0.2, -0.15) is 0 Å². The highest BCUT2D eigenvalue weighted by Gasteiger charge is 2.42. The molecule has 0 spiro atoms. The van der Waals surface area contributed by atoms with Crippen LogP contribution in [0.5, 0.6) is 0 Å². The SMILES string of the molecule is CCC(=O)CCCCC[C@@H]1NC(=O)[C@H]2CCCCN2C(=O)[C@H](C(C)CC)NC(=O)[C@@H](C(=O)c2c[nH]c3ccccc23)NC1=O. The van der Waals surface area contributed by atoms with Crippen molar-refractivity contribution >= 4 is 46.1 Å². The zero-order chi connectivity index (χ0) is 31.8. The van der Waals surface area contributed by atoms with Crippen molar-refractivity contribution in [3.63, 3.8) is 0 Å². The molecule has 2 fully saturated rings. The number of unbranched alkanes of at least 4 members (excludes halogenated alkanes) is 2. The Hall–Kier alpha value is -4.02. The summed E-state index contributed by atoms with van der Waals surface area (Å²) in [4.78, 5) is 85.5. The average Bonchev–Trinajstić information content (AvgIpc) is 3.47. The Morgan fingerprint density at radius 3 is 2.45 bits per heavy atom. The van der Waals surface area contributed by atoms with Crippen LogP contribution in [0.2, 0.25) is 0 Å². The number of nitrogens with one attached hydrogen (secondary N) is 4. The lowest BCUT2D eigenvalue weighted by Crippen LogP contribution is -2.65. The van der Waals surface area contributed by atoms with E-state index in [-0.39, 0.29) is 29.6 Å². The largest absolute Gasteiger partial charge is 0.360 e. The lowest BCUT2D eigenvalue weighted by Gasteiger charge is -2.39. The molecule has 3 heterocycles. The monoisotopic (exact) mass is 607 g/mol. The molecule has 2 aliphatic heterocycles. The van der Waals surface area contributed by atoms with Crippen molar-refractivity contribution in [2.45, 2.75) is 109 Å². The summed E-state index contributed by atoms with van der Waals surface area (Å²) in [6, 6.07) is 2.76. The van der Waals surface area contributed by atoms with Crippen LogP contribution in [0.1, 0.15) is 95.3 Å². The summed E-state index contributed by atoms with van der Waals surface area (Å²) in [7, 11) is 0. The number of carbonyl (C=O) groups is 6. The smallest absolute Gasteiger partial charge is 0.251 e. The number of ketones is 2. The average molecular weight is 608 g/mol. The van der Waals surface area contributed by atoms with E-state index in [4.69, 9.17) is 0 Å². The van der Waals surface area contributed by atoms with Crippen molar-refractivity contribution < 1.29 is 28.8 Å². The molecule has 11 nitrogen and oxygen atoms in total. The Bertz CT molecular complexity index is 1390. The van der Waals surface area contributed by atoms with Crippen LogP contribution in [0, 0.1) is 5.92 Å². The van der Waals surface area contributed by atoms with Gasteiger partial charge in [-0.05, 0) is 44.1 Å². The number of amides is 4. The molecule has 4 amide bonds. The minimum atomic E-state index is -1.63. The van der Waals surface area contributed by atoms with E-state index in [2.05, 4.69) is 20.9 Å². The van der Waals surface area contributed by atoms with E-state index in [0.717, 1.165) is 12.8 Å². The minimum absolute atomic E-state index is 0.171. The molecule has 0 radical (unpaired) electrons. The number of rotatable bonds is 11. The maximum Gasteiger partial charge on any atom is 0.251 e. The predicted octanol–water partition coefficient (Wildman–Crippen LogP) is 3.18. The molecule has 2 aromatic rings. The number of carbonyl (C=O) groups excluding carboxylic acids is 6. The van der Waals surface area contributed by atoms with Gasteiger partial charge in [-0.1, -0.05) is 58.2 Å². The van der Waals surface area contributed by atoms with Crippen LogP contribution in [0.3, 0.4) is 0 Å². The summed E-state index contributed by atoms with van der Waals surface area (Å²) >= 11 is 0. The molecular formula is C33H45N5O6. The van der Waals surface area contributed by atoms with Crippen LogP contribution < -0.4 is 16.0 Å². The molecule has 5 atom stereocenters. The second kappa shape index (κ2) is 15.1. The first-order valence-corrected chi connectivity index (χ1v) is 16.0. The van der Waals surface area contributed by atoms with Gasteiger partial charge in [0.25, 0.3) is 5.91 Å². The van der Waals surface area contributed by atoms with Crippen LogP contribution >= 0.6 is 0 Å². The van der Waals surface area contributed by atoms with Gasteiger partial charge in [0.1, 0.15) is 23.9 Å². The molecule has 2 saturated heterocycles. The van der Waals surface area contributed by atoms with Crippen molar-refractivity contribution in [1.82, 2.24) is 25.8 Å². The highest BCUT2D eigenvalue weighted by Crippen LogP contribution is 2.23. The molecule has 11 heteroatoms. The van der Waals surface area contributed by atoms with Crippen molar-refractivity contribution in [2.24, 2.45) is 5.92 Å². The molecule has 1 aromatic carbocycles. The first-order valence-electron chi connectivity index (χ1n) is 16.0. The summed E-state index contributed by atoms with van der Waals surface area (Å²) in [5.41, 5.74) is 0.933. The topological polar surface area (TPSA) is 158 Å². The molecule has 1 unspecified atom stereocenters. The molecule has 1 aromatic heterocycles. The number of nitrogens with zero attached hydrogens (tertiary/aromatic N) is 1. The number of piperidine rings is 1. The van der Waals surface area contributed by atoms with Gasteiger partial charge < -0.3 is 25.8 Å². The maximum atomic E-state index is 14.0. The maximum absolute atomic E-state index is 14.0. The van der Waals surface area contributed by atoms with Crippen molar-refractivity contribution in [3.05, 3.63) is 36.0 Å². The van der Waals surface area contributed by atoms with Crippen molar-refractivity contribution in [3.8, 4) is 0 Å². The van der Waals surface area contributed by atoms with E-state index in [1.807, 2.05) is 26.8 Å². The van der Waals surface area contributed by atoms with Gasteiger partial charge in [0.15, 0.2) is 11.8 Å². The van der Waals surface area contributed by atoms with E-state index in [9.17, 15) is 28.8 Å². The third-order valence-corrected chi connectivity index (χ3v) is 9.01. The fraction of sp³-hybridized carbons (Fsp3) is 0.576. The van der Waals surface area contributed by atoms with E-state index in [0.29, 0.717) is 62.4 Å². The fourth-order valence-electron chi connectivity index (χ4n) is 6.05. The summed E-state index contributed by atoms with van der Waals surface area (Å²) in [6.45, 7) is 5.92. The van der Waals surface area contributed by atoms with Crippen LogP contribution in [0.25, 0.3) is 10.9 Å². The summed E-state index contributed by atoms with van der Waals surface area (Å²) in [5.74, 6) is -2.95. The van der Waals surface area contributed by atoms with Gasteiger partial charge in [0, 0.05) is 42.0 Å². The molecular weight excluding hydrogens is 562 g/mol. The van der Waals surface area contributed by atoms with Crippen LogP contribution in [0.4, 0.5) is 0 Å². The Balaban J connectivity index is 1.67. The van der Waals surface area contributed by atoms with Crippen LogP contribution in [-0.2, 0) is 24.0 Å². The summed E-state index contributed by atoms with van der Waals surface area (Å²) in [6.07, 6.45) is 7.08. The summed E-state index contributed by atoms with van der Waals surface area (Å²) < 4.78 is 0. The number of hydrogen-bond donors (Lipinski definition) is 4. The fourth-order valence-corrected chi connectivity index (χ4v) is 6.05. The van der Waals surface area contributed by atoms with E-state index < -0.39 is 47.7 Å². The van der Waals surface area contributed by atoms with Crippen molar-refractivity contribution in [2.75, 3.05) is 6.54 Å². The number of benzene rings is 1. The Morgan fingerprint density at radius 1 is 0.932 bits per heavy atom. The molecule has 4 N–H and O–H groups in total. The van der Waals surface area contributed by atoms with Gasteiger partial charge >= 0.3 is 0 Å². The molecule has 44 heavy (non-hydrogen) atoms. The van der Waals surface area contributed by atoms with Crippen LogP contribution in [-0.4, -0.2) is 75.8 Å². The van der Waals surface area contributed by atoms with Gasteiger partial charge in [-0.15, -0.1) is 0 Å². The molecule has 4 rings (SSSR count). The quantitative estimate of drug-likeness (QED) is 0.175. The first-order chi connectivity index (χ1) is 21.2. The predicted molar refractivity (Wildman–Crippen MR) is 166 cm³/mol. The van der Waals surface area contributed by atoms with E-state index in [1.165, 1.54) is 11.1 Å². The molecule has 2 aliphatic rings. The van der Waals surface area contributed by atoms with Gasteiger partial charge in [0.2, 0.25) is 17.7 Å². The van der Waals surface area contributed by atoms with Crippen LogP contribution in [0.15, 0.2) is 30.5 Å². The standard InChI is InChI=1S/C33H45N5O6/c1-4-20(3)27-33(44)38-18-12-11-17-26(38)31(42)35-25(16-8-6-7-13-21(39)5-2)30(41)37-28(32(43)36-27)29(40)23-19-34-24-15-10-9-14-22(23)24/h9-10,14-15,19-20,25-28,34H,4-8,11-13,16-18H2,1-3H3,(H,35,42)(H,36,43)(H,37,41)/t20?,25-,26+,27-,28+/m0/s1. The second-order valence-corrected chi connectivity index (χ2v) is 12.0. The number of para-hydroxylation sites is 1. The zero-order valence-corrected chi connectivity index (χ0v) is 25.9. The normalized spacial score (nSPS) is 23.9. The number of hydrogen-bond acceptors (Lipinski definition) is 6. The minimum Gasteiger partial charge on any atom is -0.360 e. The number of aromatic nitrogens is 1. The molecule has 0 aliphatic carbocycles. The third-order valence-electron chi connectivity index (χ3n) is 9.01. The van der Waals surface area contributed by atoms with Gasteiger partial charge in [-0.3, -0.25) is 28.8 Å². The lowest BCUT2D eigenvalue weighted by molar-refractivity contribution is -0.147. The van der Waals surface area contributed by atoms with Gasteiger partial charge in [-0.25, -0.2) is 0 Å². The summed E-state index contributed by atoms with van der Waals surface area (Å²) in [5, 5.41) is 8.88. The van der Waals surface area contributed by atoms with Gasteiger partial charge in [0.05, 0.1) is 0 Å². The first kappa shape index (κ1) is 32.9. The number of aromatic amines is 1. The number of Topliss-reactive ketones (excluding diaryl/α,β-unsaturated/α-hetero) is 2. The Labute approximate surface area is 258 Å². The lowest BCUT2D eigenvalue weighted by atomic mass is 9.93. The highest BCUT2D eigenvalue weighted by molar-refractivity contribution is 6.20. The third kappa shape index (κ3) is 7.54. The second-order valence-electron chi connectivity index (χ2n) is 12.0. The Kier molecular flexibility index (Phi) is 11.3. The number of fused-ring (bicyclic) bond motifs is 2. The highest BCUT2D eigenvalue weighted by atomic mass is 16.2. The Morgan fingerprint density at radius 2 is 1.70 bits per heavy atom. The molecule has 238 valence electrons. The molecule has 0 saturated carbocycles. The van der Waals surface area contributed by atoms with Crippen molar-refractivity contribution in [1.29, 1.82) is 0 Å². The zero-order valence-electron chi connectivity index (χ0n) is 25.9.